The van der Waals surface area contributed by atoms with Crippen LogP contribution in [0.25, 0.3) is 0 Å². The second-order valence-corrected chi connectivity index (χ2v) is 7.46. The molecule has 0 radical (unpaired) electrons. The summed E-state index contributed by atoms with van der Waals surface area (Å²) < 4.78 is 28.2. The van der Waals surface area contributed by atoms with Gasteiger partial charge in [-0.2, -0.15) is 0 Å². The molecule has 2 aromatic rings. The molecular weight excluding hydrogens is 414 g/mol. The lowest BCUT2D eigenvalue weighted by molar-refractivity contribution is 0.0630. The van der Waals surface area contributed by atoms with E-state index in [1.165, 1.54) is 16.6 Å². The van der Waals surface area contributed by atoms with Crippen molar-refractivity contribution in [3.8, 4) is 5.75 Å². The smallest absolute Gasteiger partial charge is 0.277 e. The maximum atomic E-state index is 13.9. The van der Waals surface area contributed by atoms with E-state index in [4.69, 9.17) is 0 Å². The number of aliphatic hydroxyl groups is 1. The van der Waals surface area contributed by atoms with Gasteiger partial charge in [0.2, 0.25) is 5.43 Å². The summed E-state index contributed by atoms with van der Waals surface area (Å²) in [6.45, 7) is 1.47. The van der Waals surface area contributed by atoms with Crippen molar-refractivity contribution in [3.05, 3.63) is 62.6 Å². The fourth-order valence-electron chi connectivity index (χ4n) is 4.17. The van der Waals surface area contributed by atoms with Crippen molar-refractivity contribution in [1.29, 1.82) is 0 Å². The highest BCUT2D eigenvalue weighted by Crippen LogP contribution is 2.35. The Bertz CT molecular complexity index is 1170. The van der Waals surface area contributed by atoms with Crippen molar-refractivity contribution in [2.45, 2.75) is 32.2 Å². The second kappa shape index (κ2) is 7.34. The van der Waals surface area contributed by atoms with Crippen LogP contribution in [0.5, 0.6) is 5.75 Å². The summed E-state index contributed by atoms with van der Waals surface area (Å²) in [7, 11) is 1.52. The molecule has 1 aromatic carbocycles. The first kappa shape index (κ1) is 20.8. The summed E-state index contributed by atoms with van der Waals surface area (Å²) in [5.41, 5.74) is -2.11. The number of benzene rings is 1. The molecule has 164 valence electrons. The lowest BCUT2D eigenvalue weighted by Crippen LogP contribution is -2.58. The summed E-state index contributed by atoms with van der Waals surface area (Å²) in [6.07, 6.45) is -1.24. The van der Waals surface area contributed by atoms with Crippen LogP contribution in [0, 0.1) is 11.6 Å². The maximum Gasteiger partial charge on any atom is 0.277 e. The number of carbonyl (C=O) groups is 2. The molecule has 3 N–H and O–H groups in total. The van der Waals surface area contributed by atoms with Gasteiger partial charge < -0.3 is 20.4 Å². The normalized spacial score (nSPS) is 19.6. The Labute approximate surface area is 175 Å². The number of nitrogens with one attached hydrogen (secondary N) is 1. The van der Waals surface area contributed by atoms with Crippen molar-refractivity contribution in [2.24, 2.45) is 0 Å². The van der Waals surface area contributed by atoms with Crippen LogP contribution in [0.2, 0.25) is 0 Å². The molecule has 31 heavy (non-hydrogen) atoms. The molecule has 2 amide bonds. The molecule has 2 aliphatic rings. The van der Waals surface area contributed by atoms with Crippen LogP contribution in [0.15, 0.2) is 23.0 Å². The Morgan fingerprint density at radius 2 is 2.00 bits per heavy atom. The number of aromatic nitrogens is 1. The minimum atomic E-state index is -1.27. The molecule has 9 nitrogen and oxygen atoms in total. The number of hydrogen-bond donors (Lipinski definition) is 3. The molecule has 2 unspecified atom stereocenters. The first-order valence-electron chi connectivity index (χ1n) is 9.63. The van der Waals surface area contributed by atoms with E-state index in [9.17, 15) is 33.4 Å². The second-order valence-electron chi connectivity index (χ2n) is 7.46. The Morgan fingerprint density at radius 3 is 2.65 bits per heavy atom. The van der Waals surface area contributed by atoms with E-state index in [2.05, 4.69) is 5.32 Å². The van der Waals surface area contributed by atoms with Crippen LogP contribution < -0.4 is 15.8 Å². The number of aliphatic hydroxyl groups excluding tert-OH is 1. The lowest BCUT2D eigenvalue weighted by Gasteiger charge is -2.42. The fraction of sp³-hybridized carbons (Fsp3) is 0.350. The highest BCUT2D eigenvalue weighted by molar-refractivity contribution is 6.00. The average Bonchev–Trinajstić information content (AvgIpc) is 3.04. The first-order chi connectivity index (χ1) is 14.7. The van der Waals surface area contributed by atoms with Gasteiger partial charge in [0.25, 0.3) is 11.8 Å². The van der Waals surface area contributed by atoms with Crippen molar-refractivity contribution in [3.63, 3.8) is 0 Å². The van der Waals surface area contributed by atoms with E-state index in [0.717, 1.165) is 12.1 Å². The molecular formula is C20H20F2N4O5. The van der Waals surface area contributed by atoms with Crippen LogP contribution in [0.1, 0.15) is 51.6 Å². The molecule has 2 aliphatic heterocycles. The van der Waals surface area contributed by atoms with Gasteiger partial charge in [0.05, 0.1) is 12.2 Å². The van der Waals surface area contributed by atoms with Crippen LogP contribution in [0.3, 0.4) is 0 Å². The summed E-state index contributed by atoms with van der Waals surface area (Å²) in [5.74, 6) is -4.14. The van der Waals surface area contributed by atoms with Crippen molar-refractivity contribution >= 4 is 11.8 Å². The number of pyridine rings is 1. The van der Waals surface area contributed by atoms with Crippen LogP contribution in [-0.4, -0.2) is 51.4 Å². The maximum absolute atomic E-state index is 13.9. The number of carbonyl (C=O) groups excluding carboxylic acids is 2. The van der Waals surface area contributed by atoms with Crippen LogP contribution in [0.4, 0.5) is 8.78 Å². The van der Waals surface area contributed by atoms with E-state index >= 15 is 0 Å². The molecule has 0 aliphatic carbocycles. The minimum Gasteiger partial charge on any atom is -0.502 e. The number of nitrogens with zero attached hydrogens (tertiary/aromatic N) is 3. The predicted octanol–water partition coefficient (Wildman–Crippen LogP) is 0.569. The summed E-state index contributed by atoms with van der Waals surface area (Å²) in [4.78, 5) is 39.8. The molecule has 2 atom stereocenters. The molecule has 3 heterocycles. The third kappa shape index (κ3) is 3.03. The number of hydrogen-bond acceptors (Lipinski definition) is 6. The van der Waals surface area contributed by atoms with Gasteiger partial charge >= 0.3 is 0 Å². The number of halogens is 2. The van der Waals surface area contributed by atoms with E-state index in [1.807, 2.05) is 6.92 Å². The monoisotopic (exact) mass is 434 g/mol. The van der Waals surface area contributed by atoms with Gasteiger partial charge in [0.15, 0.2) is 11.4 Å². The molecule has 0 spiro atoms. The van der Waals surface area contributed by atoms with E-state index in [0.29, 0.717) is 12.5 Å². The van der Waals surface area contributed by atoms with Gasteiger partial charge in [0, 0.05) is 25.2 Å². The van der Waals surface area contributed by atoms with Gasteiger partial charge in [-0.3, -0.25) is 19.4 Å². The van der Waals surface area contributed by atoms with Gasteiger partial charge in [0.1, 0.15) is 29.5 Å². The zero-order valence-electron chi connectivity index (χ0n) is 16.7. The summed E-state index contributed by atoms with van der Waals surface area (Å²) in [5, 5.41) is 25.1. The van der Waals surface area contributed by atoms with Gasteiger partial charge in [-0.15, -0.1) is 0 Å². The molecule has 0 saturated heterocycles. The van der Waals surface area contributed by atoms with E-state index in [1.54, 1.807) is 5.01 Å². The molecule has 1 aromatic heterocycles. The Morgan fingerprint density at radius 1 is 1.29 bits per heavy atom. The van der Waals surface area contributed by atoms with Gasteiger partial charge in [-0.1, -0.05) is 13.0 Å². The van der Waals surface area contributed by atoms with Crippen LogP contribution >= 0.6 is 0 Å². The Balaban J connectivity index is 1.78. The Hall–Kier alpha value is -3.47. The van der Waals surface area contributed by atoms with Crippen molar-refractivity contribution < 1.29 is 28.6 Å². The third-order valence-corrected chi connectivity index (χ3v) is 5.66. The van der Waals surface area contributed by atoms with Crippen molar-refractivity contribution in [2.75, 3.05) is 18.6 Å². The van der Waals surface area contributed by atoms with Crippen molar-refractivity contribution in [1.82, 2.24) is 14.9 Å². The van der Waals surface area contributed by atoms with E-state index < -0.39 is 52.5 Å². The standard InChI is InChI=1S/C20H20F2N4O5/c1-3-13-24(2)20(31)16-18(29)17(28)14(15-12(27)8-25(13)26(15)16)19(30)23-7-9-4-5-10(21)6-11(9)22/h4-6,12-13,27,29H,3,7-8H2,1-2H3,(H,23,30). The molecule has 0 saturated carbocycles. The lowest BCUT2D eigenvalue weighted by atomic mass is 10.1. The fourth-order valence-corrected chi connectivity index (χ4v) is 4.17. The highest BCUT2D eigenvalue weighted by Gasteiger charge is 2.46. The first-order valence-corrected chi connectivity index (χ1v) is 9.63. The minimum absolute atomic E-state index is 0.00110. The summed E-state index contributed by atoms with van der Waals surface area (Å²) >= 11 is 0. The third-order valence-electron chi connectivity index (χ3n) is 5.66. The van der Waals surface area contributed by atoms with Gasteiger partial charge in [-0.05, 0) is 12.5 Å². The number of rotatable bonds is 4. The largest absolute Gasteiger partial charge is 0.502 e. The zero-order valence-corrected chi connectivity index (χ0v) is 16.7. The predicted molar refractivity (Wildman–Crippen MR) is 104 cm³/mol. The molecule has 4 rings (SSSR count). The molecule has 11 heteroatoms. The topological polar surface area (TPSA) is 115 Å². The summed E-state index contributed by atoms with van der Waals surface area (Å²) in [6, 6.07) is 2.84. The van der Waals surface area contributed by atoms with Crippen LogP contribution in [-0.2, 0) is 6.54 Å². The van der Waals surface area contributed by atoms with E-state index in [-0.39, 0.29) is 30.0 Å². The highest BCUT2D eigenvalue weighted by atomic mass is 19.1. The van der Waals surface area contributed by atoms with Gasteiger partial charge in [-0.25, -0.2) is 13.5 Å². The quantitative estimate of drug-likeness (QED) is 0.648. The molecule has 0 bridgehead atoms. The Kier molecular flexibility index (Phi) is 4.92. The molecule has 0 fully saturated rings. The number of aromatic hydroxyl groups is 1. The number of amides is 2. The zero-order chi connectivity index (χ0) is 22.6. The average molecular weight is 434 g/mol. The SMILES string of the molecule is CCC1N(C)C(=O)c2c(O)c(=O)c(C(=O)NCc3ccc(F)cc3F)c3n2N1CC3O.